The molecule has 5 nitrogen and oxygen atoms in total. The zero-order chi connectivity index (χ0) is 13.8. The SMILES string of the molecule is Cc1ccc(/C=N\OC(=O)c2c(I)cnn2C)cc1. The largest absolute Gasteiger partial charge is 0.384 e. The molecule has 0 spiro atoms. The number of halogens is 1. The van der Waals surface area contributed by atoms with E-state index in [1.807, 2.05) is 53.8 Å². The molecule has 1 aromatic carbocycles. The van der Waals surface area contributed by atoms with E-state index in [2.05, 4.69) is 10.3 Å². The molecular formula is C13H12IN3O2. The molecule has 0 radical (unpaired) electrons. The number of aryl methyl sites for hydroxylation is 2. The number of aromatic nitrogens is 2. The number of rotatable bonds is 3. The Hall–Kier alpha value is -1.70. The minimum absolute atomic E-state index is 0.390. The molecule has 0 fully saturated rings. The third-order valence-corrected chi connectivity index (χ3v) is 3.29. The Morgan fingerprint density at radius 2 is 2.11 bits per heavy atom. The molecule has 2 aromatic rings. The molecule has 19 heavy (non-hydrogen) atoms. The minimum Gasteiger partial charge on any atom is -0.311 e. The van der Waals surface area contributed by atoms with Gasteiger partial charge < -0.3 is 4.84 Å². The Morgan fingerprint density at radius 3 is 2.68 bits per heavy atom. The molecule has 0 aliphatic rings. The average Bonchev–Trinajstić information content (AvgIpc) is 2.71. The number of carbonyl (C=O) groups excluding carboxylic acids is 1. The van der Waals surface area contributed by atoms with Crippen LogP contribution in [0.5, 0.6) is 0 Å². The molecule has 6 heteroatoms. The van der Waals surface area contributed by atoms with E-state index in [-0.39, 0.29) is 0 Å². The monoisotopic (exact) mass is 369 g/mol. The third-order valence-electron chi connectivity index (χ3n) is 2.50. The van der Waals surface area contributed by atoms with E-state index in [9.17, 15) is 4.79 Å². The van der Waals surface area contributed by atoms with Crippen molar-refractivity contribution in [1.82, 2.24) is 9.78 Å². The van der Waals surface area contributed by atoms with Gasteiger partial charge in [0.05, 0.1) is 16.0 Å². The molecule has 0 saturated carbocycles. The first-order valence-electron chi connectivity index (χ1n) is 5.57. The first kappa shape index (κ1) is 13.7. The second kappa shape index (κ2) is 5.96. The highest BCUT2D eigenvalue weighted by Crippen LogP contribution is 2.11. The summed E-state index contributed by atoms with van der Waals surface area (Å²) in [6.45, 7) is 2.01. The number of nitrogens with zero attached hydrogens (tertiary/aromatic N) is 3. The molecule has 0 N–H and O–H groups in total. The van der Waals surface area contributed by atoms with Crippen molar-refractivity contribution in [1.29, 1.82) is 0 Å². The number of hydrogen-bond donors (Lipinski definition) is 0. The van der Waals surface area contributed by atoms with Crippen LogP contribution in [0.2, 0.25) is 0 Å². The fraction of sp³-hybridized carbons (Fsp3) is 0.154. The normalized spacial score (nSPS) is 10.9. The smallest absolute Gasteiger partial charge is 0.311 e. The number of benzene rings is 1. The molecule has 1 aromatic heterocycles. The van der Waals surface area contributed by atoms with Crippen molar-refractivity contribution in [2.24, 2.45) is 12.2 Å². The van der Waals surface area contributed by atoms with Gasteiger partial charge in [0.2, 0.25) is 0 Å². The number of carbonyl (C=O) groups is 1. The summed E-state index contributed by atoms with van der Waals surface area (Å²) in [5, 5.41) is 7.66. The average molecular weight is 369 g/mol. The van der Waals surface area contributed by atoms with Gasteiger partial charge in [-0.3, -0.25) is 4.68 Å². The van der Waals surface area contributed by atoms with Gasteiger partial charge in [-0.1, -0.05) is 35.0 Å². The van der Waals surface area contributed by atoms with Crippen LogP contribution in [-0.2, 0) is 11.9 Å². The van der Waals surface area contributed by atoms with Crippen molar-refractivity contribution < 1.29 is 9.63 Å². The van der Waals surface area contributed by atoms with Crippen molar-refractivity contribution in [2.45, 2.75) is 6.92 Å². The summed E-state index contributed by atoms with van der Waals surface area (Å²) in [4.78, 5) is 16.6. The highest BCUT2D eigenvalue weighted by atomic mass is 127. The van der Waals surface area contributed by atoms with E-state index in [0.717, 1.165) is 9.13 Å². The molecule has 0 aliphatic heterocycles. The molecule has 0 saturated heterocycles. The molecular weight excluding hydrogens is 357 g/mol. The molecule has 0 bridgehead atoms. The summed E-state index contributed by atoms with van der Waals surface area (Å²) in [6.07, 6.45) is 3.10. The second-order valence-corrected chi connectivity index (χ2v) is 5.15. The summed E-state index contributed by atoms with van der Waals surface area (Å²) in [6, 6.07) is 7.74. The van der Waals surface area contributed by atoms with Crippen LogP contribution in [-0.4, -0.2) is 22.0 Å². The van der Waals surface area contributed by atoms with Crippen molar-refractivity contribution in [3.05, 3.63) is 50.9 Å². The Morgan fingerprint density at radius 1 is 1.42 bits per heavy atom. The maximum absolute atomic E-state index is 11.8. The topological polar surface area (TPSA) is 56.5 Å². The zero-order valence-corrected chi connectivity index (χ0v) is 12.7. The van der Waals surface area contributed by atoms with E-state index in [0.29, 0.717) is 5.69 Å². The van der Waals surface area contributed by atoms with Gasteiger partial charge >= 0.3 is 5.97 Å². The Kier molecular flexibility index (Phi) is 4.31. The van der Waals surface area contributed by atoms with Crippen LogP contribution in [0.15, 0.2) is 35.6 Å². The fourth-order valence-corrected chi connectivity index (χ4v) is 2.17. The predicted molar refractivity (Wildman–Crippen MR) is 80.1 cm³/mol. The maximum atomic E-state index is 11.8. The van der Waals surface area contributed by atoms with E-state index < -0.39 is 5.97 Å². The Labute approximate surface area is 124 Å². The molecule has 0 atom stereocenters. The van der Waals surface area contributed by atoms with Gasteiger partial charge in [0, 0.05) is 7.05 Å². The van der Waals surface area contributed by atoms with Crippen LogP contribution in [0.4, 0.5) is 0 Å². The van der Waals surface area contributed by atoms with Crippen molar-refractivity contribution in [3.63, 3.8) is 0 Å². The molecule has 98 valence electrons. The Bertz CT molecular complexity index is 598. The van der Waals surface area contributed by atoms with Crippen molar-refractivity contribution in [3.8, 4) is 0 Å². The van der Waals surface area contributed by atoms with Gasteiger partial charge in [-0.15, -0.1) is 0 Å². The summed E-state index contributed by atoms with van der Waals surface area (Å²) in [7, 11) is 1.68. The molecule has 0 unspecified atom stereocenters. The van der Waals surface area contributed by atoms with Crippen LogP contribution in [0.1, 0.15) is 21.6 Å². The number of oxime groups is 1. The van der Waals surface area contributed by atoms with Gasteiger partial charge in [-0.05, 0) is 35.1 Å². The van der Waals surface area contributed by atoms with Gasteiger partial charge in [0.25, 0.3) is 0 Å². The molecule has 0 aliphatic carbocycles. The lowest BCUT2D eigenvalue weighted by atomic mass is 10.2. The molecule has 2 rings (SSSR count). The zero-order valence-electron chi connectivity index (χ0n) is 10.5. The van der Waals surface area contributed by atoms with Crippen molar-refractivity contribution >= 4 is 34.8 Å². The van der Waals surface area contributed by atoms with E-state index >= 15 is 0 Å². The second-order valence-electron chi connectivity index (χ2n) is 3.99. The molecule has 0 amide bonds. The fourth-order valence-electron chi connectivity index (χ4n) is 1.47. The van der Waals surface area contributed by atoms with E-state index in [1.165, 1.54) is 16.5 Å². The van der Waals surface area contributed by atoms with Crippen LogP contribution in [0, 0.1) is 10.5 Å². The highest BCUT2D eigenvalue weighted by Gasteiger charge is 2.16. The van der Waals surface area contributed by atoms with Crippen molar-refractivity contribution in [2.75, 3.05) is 0 Å². The van der Waals surface area contributed by atoms with E-state index in [4.69, 9.17) is 4.84 Å². The molecule has 1 heterocycles. The van der Waals surface area contributed by atoms with Crippen LogP contribution in [0.3, 0.4) is 0 Å². The minimum atomic E-state index is -0.521. The summed E-state index contributed by atoms with van der Waals surface area (Å²) in [5.74, 6) is -0.521. The summed E-state index contributed by atoms with van der Waals surface area (Å²) < 4.78 is 2.20. The first-order valence-corrected chi connectivity index (χ1v) is 6.64. The van der Waals surface area contributed by atoms with E-state index in [1.54, 1.807) is 13.2 Å². The lowest BCUT2D eigenvalue weighted by molar-refractivity contribution is 0.0505. The van der Waals surface area contributed by atoms with Gasteiger partial charge in [0.15, 0.2) is 5.69 Å². The lowest BCUT2D eigenvalue weighted by Crippen LogP contribution is -2.09. The first-order chi connectivity index (χ1) is 9.08. The van der Waals surface area contributed by atoms with Gasteiger partial charge in [-0.2, -0.15) is 5.10 Å². The maximum Gasteiger partial charge on any atom is 0.384 e. The summed E-state index contributed by atoms with van der Waals surface area (Å²) >= 11 is 2.03. The third kappa shape index (κ3) is 3.40. The van der Waals surface area contributed by atoms with Crippen LogP contribution >= 0.6 is 22.6 Å². The van der Waals surface area contributed by atoms with Gasteiger partial charge in [-0.25, -0.2) is 4.79 Å². The Balaban J connectivity index is 2.03. The highest BCUT2D eigenvalue weighted by molar-refractivity contribution is 14.1. The quantitative estimate of drug-likeness (QED) is 0.362. The van der Waals surface area contributed by atoms with Crippen LogP contribution in [0.25, 0.3) is 0 Å². The number of hydrogen-bond acceptors (Lipinski definition) is 4. The van der Waals surface area contributed by atoms with Gasteiger partial charge in [0.1, 0.15) is 0 Å². The standard InChI is InChI=1S/C13H12IN3O2/c1-9-3-5-10(6-4-9)7-16-19-13(18)12-11(14)8-15-17(12)2/h3-8H,1-2H3/b16-7-. The summed E-state index contributed by atoms with van der Waals surface area (Å²) in [5.41, 5.74) is 2.43. The van der Waals surface area contributed by atoms with Crippen LogP contribution < -0.4 is 0 Å². The lowest BCUT2D eigenvalue weighted by Gasteiger charge is -1.99. The predicted octanol–water partition coefficient (Wildman–Crippen LogP) is 2.52.